The summed E-state index contributed by atoms with van der Waals surface area (Å²) in [6.45, 7) is 7.41. The van der Waals surface area contributed by atoms with Crippen molar-refractivity contribution in [1.29, 1.82) is 0 Å². The summed E-state index contributed by atoms with van der Waals surface area (Å²) in [7, 11) is 0. The predicted octanol–water partition coefficient (Wildman–Crippen LogP) is 2.75. The van der Waals surface area contributed by atoms with E-state index in [0.717, 1.165) is 5.56 Å². The first-order valence-electron chi connectivity index (χ1n) is 6.55. The van der Waals surface area contributed by atoms with Gasteiger partial charge in [-0.05, 0) is 31.4 Å². The van der Waals surface area contributed by atoms with Gasteiger partial charge in [-0.15, -0.1) is 0 Å². The molecule has 0 atom stereocenters. The zero-order chi connectivity index (χ0) is 16.2. The van der Waals surface area contributed by atoms with Crippen LogP contribution in [0.4, 0.5) is 5.69 Å². The molecule has 0 bridgehead atoms. The summed E-state index contributed by atoms with van der Waals surface area (Å²) in [6, 6.07) is 3.31. The van der Waals surface area contributed by atoms with Gasteiger partial charge in [-0.3, -0.25) is 10.1 Å². The minimum Gasteiger partial charge on any atom is -0.487 e. The normalized spacial score (nSPS) is 12.3. The molecule has 0 aromatic heterocycles. The Bertz CT molecular complexity index is 568. The predicted molar refractivity (Wildman–Crippen MR) is 79.9 cm³/mol. The molecule has 3 N–H and O–H groups in total. The number of ether oxygens (including phenoxy) is 1. The molecular formula is C14H21N3O4. The highest BCUT2D eigenvalue weighted by Crippen LogP contribution is 2.32. The molecule has 1 rings (SSSR count). The van der Waals surface area contributed by atoms with E-state index in [0.29, 0.717) is 12.0 Å². The number of oxime groups is 1. The van der Waals surface area contributed by atoms with Crippen LogP contribution in [0.15, 0.2) is 17.3 Å². The number of nitrogens with zero attached hydrogens (tertiary/aromatic N) is 2. The van der Waals surface area contributed by atoms with Crippen LogP contribution < -0.4 is 10.5 Å². The fourth-order valence-corrected chi connectivity index (χ4v) is 1.93. The topological polar surface area (TPSA) is 111 Å². The number of nitro groups is 1. The van der Waals surface area contributed by atoms with Crippen molar-refractivity contribution in [1.82, 2.24) is 0 Å². The zero-order valence-corrected chi connectivity index (χ0v) is 12.7. The maximum atomic E-state index is 11.1. The third-order valence-corrected chi connectivity index (χ3v) is 3.37. The third kappa shape index (κ3) is 4.08. The minimum absolute atomic E-state index is 0.0471. The van der Waals surface area contributed by atoms with Gasteiger partial charge in [0, 0.05) is 11.5 Å². The highest BCUT2D eigenvalue weighted by atomic mass is 16.6. The minimum atomic E-state index is -0.553. The number of nitrogens with two attached hydrogens (primary N) is 1. The fourth-order valence-electron chi connectivity index (χ4n) is 1.93. The Morgan fingerprint density at radius 2 is 2.10 bits per heavy atom. The van der Waals surface area contributed by atoms with E-state index in [1.54, 1.807) is 13.8 Å². The van der Waals surface area contributed by atoms with Crippen LogP contribution in [0.2, 0.25) is 0 Å². The number of benzene rings is 1. The molecule has 7 nitrogen and oxygen atoms in total. The first kappa shape index (κ1) is 16.7. The van der Waals surface area contributed by atoms with E-state index < -0.39 is 10.3 Å². The summed E-state index contributed by atoms with van der Waals surface area (Å²) in [4.78, 5) is 10.6. The summed E-state index contributed by atoms with van der Waals surface area (Å²) in [5, 5.41) is 22.8. The maximum absolute atomic E-state index is 11.1. The van der Waals surface area contributed by atoms with Crippen LogP contribution in [0.3, 0.4) is 0 Å². The molecular weight excluding hydrogens is 274 g/mol. The number of aryl methyl sites for hydroxylation is 2. The van der Waals surface area contributed by atoms with E-state index in [1.807, 2.05) is 19.9 Å². The van der Waals surface area contributed by atoms with E-state index in [9.17, 15) is 10.1 Å². The van der Waals surface area contributed by atoms with Crippen molar-refractivity contribution in [2.45, 2.75) is 34.1 Å². The van der Waals surface area contributed by atoms with Gasteiger partial charge in [0.1, 0.15) is 5.84 Å². The number of nitro benzene ring substituents is 1. The number of rotatable bonds is 6. The Kier molecular flexibility index (Phi) is 5.12. The zero-order valence-electron chi connectivity index (χ0n) is 12.7. The second-order valence-electron chi connectivity index (χ2n) is 5.65. The fraction of sp³-hybridized carbons (Fsp3) is 0.500. The van der Waals surface area contributed by atoms with Crippen LogP contribution in [0, 0.1) is 29.4 Å². The number of amidine groups is 1. The molecule has 21 heavy (non-hydrogen) atoms. The van der Waals surface area contributed by atoms with Gasteiger partial charge in [0.15, 0.2) is 5.75 Å². The van der Waals surface area contributed by atoms with Crippen molar-refractivity contribution in [2.75, 3.05) is 6.61 Å². The lowest BCUT2D eigenvalue weighted by molar-refractivity contribution is -0.386. The molecule has 7 heteroatoms. The van der Waals surface area contributed by atoms with Crippen LogP contribution >= 0.6 is 0 Å². The van der Waals surface area contributed by atoms with Crippen LogP contribution in [-0.4, -0.2) is 22.6 Å². The van der Waals surface area contributed by atoms with Crippen molar-refractivity contribution in [3.05, 3.63) is 33.4 Å². The van der Waals surface area contributed by atoms with Gasteiger partial charge in [-0.25, -0.2) is 0 Å². The standard InChI is InChI=1S/C14H21N3O4/c1-9-7-10(2)12(11(8-9)17(19)20)21-6-5-14(3,4)13(15)16-18/h7-8,18H,5-6H2,1-4H3,(H2,15,16). The Labute approximate surface area is 123 Å². The van der Waals surface area contributed by atoms with Gasteiger partial charge in [0.25, 0.3) is 0 Å². The highest BCUT2D eigenvalue weighted by molar-refractivity contribution is 5.85. The molecule has 1 aromatic carbocycles. The maximum Gasteiger partial charge on any atom is 0.311 e. The third-order valence-electron chi connectivity index (χ3n) is 3.37. The number of hydrogen-bond donors (Lipinski definition) is 2. The average Bonchev–Trinajstić information content (AvgIpc) is 2.39. The molecule has 0 aliphatic rings. The summed E-state index contributed by atoms with van der Waals surface area (Å²) in [5.41, 5.74) is 6.51. The Morgan fingerprint density at radius 3 is 2.62 bits per heavy atom. The molecule has 1 aromatic rings. The average molecular weight is 295 g/mol. The van der Waals surface area contributed by atoms with Crippen molar-refractivity contribution in [2.24, 2.45) is 16.3 Å². The smallest absolute Gasteiger partial charge is 0.311 e. The lowest BCUT2D eigenvalue weighted by Gasteiger charge is -2.22. The van der Waals surface area contributed by atoms with E-state index in [2.05, 4.69) is 5.16 Å². The first-order valence-corrected chi connectivity index (χ1v) is 6.55. The van der Waals surface area contributed by atoms with Gasteiger partial charge >= 0.3 is 5.69 Å². The van der Waals surface area contributed by atoms with E-state index in [4.69, 9.17) is 15.7 Å². The lowest BCUT2D eigenvalue weighted by atomic mass is 9.88. The SMILES string of the molecule is Cc1cc(C)c(OCCC(C)(C)C(N)=NO)c([N+](=O)[O-])c1. The lowest BCUT2D eigenvalue weighted by Crippen LogP contribution is -2.33. The second-order valence-corrected chi connectivity index (χ2v) is 5.65. The molecule has 0 unspecified atom stereocenters. The van der Waals surface area contributed by atoms with Gasteiger partial charge in [0.2, 0.25) is 0 Å². The van der Waals surface area contributed by atoms with Crippen molar-refractivity contribution >= 4 is 11.5 Å². The van der Waals surface area contributed by atoms with E-state index in [1.165, 1.54) is 6.07 Å². The van der Waals surface area contributed by atoms with Crippen LogP contribution in [0.25, 0.3) is 0 Å². The number of hydrogen-bond acceptors (Lipinski definition) is 5. The summed E-state index contributed by atoms with van der Waals surface area (Å²) in [6.07, 6.45) is 0.466. The molecule has 116 valence electrons. The van der Waals surface area contributed by atoms with E-state index >= 15 is 0 Å². The molecule has 0 amide bonds. The van der Waals surface area contributed by atoms with Crippen LogP contribution in [0.5, 0.6) is 5.75 Å². The van der Waals surface area contributed by atoms with Crippen LogP contribution in [-0.2, 0) is 0 Å². The molecule has 0 aliphatic carbocycles. The molecule has 0 spiro atoms. The second kappa shape index (κ2) is 6.43. The molecule has 0 heterocycles. The largest absolute Gasteiger partial charge is 0.487 e. The summed E-state index contributed by atoms with van der Waals surface area (Å²) < 4.78 is 5.58. The summed E-state index contributed by atoms with van der Waals surface area (Å²) >= 11 is 0. The van der Waals surface area contributed by atoms with Gasteiger partial charge in [-0.1, -0.05) is 25.1 Å². The van der Waals surface area contributed by atoms with Crippen molar-refractivity contribution in [3.63, 3.8) is 0 Å². The van der Waals surface area contributed by atoms with Crippen molar-refractivity contribution < 1.29 is 14.9 Å². The Morgan fingerprint density at radius 1 is 1.48 bits per heavy atom. The first-order chi connectivity index (χ1) is 9.69. The summed E-state index contributed by atoms with van der Waals surface area (Å²) in [5.74, 6) is 0.363. The van der Waals surface area contributed by atoms with Gasteiger partial charge in [0.05, 0.1) is 11.5 Å². The molecule has 0 radical (unpaired) electrons. The molecule has 0 saturated carbocycles. The Hall–Kier alpha value is -2.31. The van der Waals surface area contributed by atoms with Gasteiger partial charge in [-0.2, -0.15) is 0 Å². The molecule has 0 saturated heterocycles. The van der Waals surface area contributed by atoms with E-state index in [-0.39, 0.29) is 23.9 Å². The van der Waals surface area contributed by atoms with Gasteiger partial charge < -0.3 is 15.7 Å². The quantitative estimate of drug-likeness (QED) is 0.275. The molecule has 0 fully saturated rings. The van der Waals surface area contributed by atoms with Crippen LogP contribution in [0.1, 0.15) is 31.4 Å². The highest BCUT2D eigenvalue weighted by Gasteiger charge is 2.25. The monoisotopic (exact) mass is 295 g/mol. The van der Waals surface area contributed by atoms with Crippen molar-refractivity contribution in [3.8, 4) is 5.75 Å². The Balaban J connectivity index is 2.88. The molecule has 0 aliphatic heterocycles.